The van der Waals surface area contributed by atoms with Crippen molar-refractivity contribution in [3.05, 3.63) is 42.5 Å². The van der Waals surface area contributed by atoms with Crippen molar-refractivity contribution in [2.45, 2.75) is 103 Å². The third kappa shape index (κ3) is 8.99. The van der Waals surface area contributed by atoms with Crippen molar-refractivity contribution < 1.29 is 28.5 Å². The molecule has 274 valence electrons. The topological polar surface area (TPSA) is 180 Å². The fraction of sp³-hybridized carbons (Fsp3) is 0.629. The standard InChI is InChI=1S/C35H53N9O6/c1-32(2,3)23-11-13-24(14-12-23)42-30(45)37-16-18-43(17-10-9-15-38-31(46)49-33(4,5)6)19-25-27-35(20-47-25,50-34(7,8)48-27)44-22-41-26-28(36)39-21-40-29(26)44/h11-14,21-22,25,27H,9-10,15-20H2,1-8H3,(H,38,46)(H2,36,39,40)(H2,37,42,45)/t25-,27-,35-/m1/s1. The van der Waals surface area contributed by atoms with Crippen molar-refractivity contribution in [2.75, 3.05) is 50.4 Å². The summed E-state index contributed by atoms with van der Waals surface area (Å²) in [5.74, 6) is -0.619. The van der Waals surface area contributed by atoms with Gasteiger partial charge in [-0.2, -0.15) is 0 Å². The van der Waals surface area contributed by atoms with Gasteiger partial charge in [0, 0.05) is 31.9 Å². The number of carbonyl (C=O) groups excluding carboxylic acids is 2. The Bertz CT molecular complexity index is 1630. The van der Waals surface area contributed by atoms with Gasteiger partial charge >= 0.3 is 12.1 Å². The number of amides is 3. The molecule has 1 aromatic carbocycles. The fourth-order valence-electron chi connectivity index (χ4n) is 6.30. The van der Waals surface area contributed by atoms with E-state index in [4.69, 9.17) is 24.7 Å². The lowest BCUT2D eigenvalue weighted by Crippen LogP contribution is -2.48. The van der Waals surface area contributed by atoms with Gasteiger partial charge in [-0.05, 0) is 77.1 Å². The van der Waals surface area contributed by atoms with E-state index in [9.17, 15) is 9.59 Å². The van der Waals surface area contributed by atoms with Crippen molar-refractivity contribution in [3.63, 3.8) is 0 Å². The molecule has 50 heavy (non-hydrogen) atoms. The van der Waals surface area contributed by atoms with Crippen LogP contribution < -0.4 is 21.7 Å². The molecule has 3 atom stereocenters. The third-order valence-electron chi connectivity index (χ3n) is 8.62. The second-order valence-electron chi connectivity index (χ2n) is 15.4. The second-order valence-corrected chi connectivity index (χ2v) is 15.4. The quantitative estimate of drug-likeness (QED) is 0.198. The monoisotopic (exact) mass is 695 g/mol. The summed E-state index contributed by atoms with van der Waals surface area (Å²) in [4.78, 5) is 40.2. The van der Waals surface area contributed by atoms with E-state index in [0.717, 1.165) is 18.5 Å². The first-order valence-electron chi connectivity index (χ1n) is 17.2. The number of alkyl carbamates (subject to hydrolysis) is 1. The zero-order chi connectivity index (χ0) is 36.3. The minimum Gasteiger partial charge on any atom is -0.444 e. The smallest absolute Gasteiger partial charge is 0.407 e. The molecule has 0 unspecified atom stereocenters. The maximum atomic E-state index is 12.8. The Morgan fingerprint density at radius 3 is 2.46 bits per heavy atom. The molecule has 0 bridgehead atoms. The van der Waals surface area contributed by atoms with Crippen molar-refractivity contribution in [1.82, 2.24) is 35.1 Å². The lowest BCUT2D eigenvalue weighted by atomic mass is 9.87. The van der Waals surface area contributed by atoms with Crippen LogP contribution in [0.1, 0.15) is 73.8 Å². The Kier molecular flexibility index (Phi) is 10.9. The normalized spacial score (nSPS) is 21.7. The summed E-state index contributed by atoms with van der Waals surface area (Å²) >= 11 is 0. The molecule has 15 nitrogen and oxygen atoms in total. The Morgan fingerprint density at radius 2 is 1.76 bits per heavy atom. The maximum Gasteiger partial charge on any atom is 0.407 e. The van der Waals surface area contributed by atoms with E-state index in [1.165, 1.54) is 11.9 Å². The highest BCUT2D eigenvalue weighted by molar-refractivity contribution is 5.89. The predicted octanol–water partition coefficient (Wildman–Crippen LogP) is 4.34. The van der Waals surface area contributed by atoms with Crippen molar-refractivity contribution >= 4 is 34.8 Å². The van der Waals surface area contributed by atoms with Crippen LogP contribution in [-0.2, 0) is 30.1 Å². The van der Waals surface area contributed by atoms with Gasteiger partial charge in [-0.1, -0.05) is 32.9 Å². The SMILES string of the molecule is CC(C)(C)OC(=O)NCCCCN(CCNC(=O)Nc1ccc(C(C)(C)C)cc1)C[C@H]1OC[C@@]2(n3cnc4c(N)ncnc43)OC(C)(C)O[C@H]12. The predicted molar refractivity (Wildman–Crippen MR) is 190 cm³/mol. The van der Waals surface area contributed by atoms with Crippen LogP contribution in [0.25, 0.3) is 11.2 Å². The molecule has 0 radical (unpaired) electrons. The van der Waals surface area contributed by atoms with Crippen LogP contribution in [0.5, 0.6) is 0 Å². The van der Waals surface area contributed by atoms with E-state index < -0.39 is 29.3 Å². The van der Waals surface area contributed by atoms with Gasteiger partial charge in [0.25, 0.3) is 0 Å². The highest BCUT2D eigenvalue weighted by Crippen LogP contribution is 2.47. The minimum absolute atomic E-state index is 0.0269. The third-order valence-corrected chi connectivity index (χ3v) is 8.62. The maximum absolute atomic E-state index is 12.8. The van der Waals surface area contributed by atoms with E-state index in [0.29, 0.717) is 43.9 Å². The van der Waals surface area contributed by atoms with Crippen LogP contribution in [-0.4, -0.2) is 99.5 Å². The molecule has 5 rings (SSSR count). The number of carbonyl (C=O) groups is 2. The molecule has 2 aliphatic rings. The van der Waals surface area contributed by atoms with Crippen LogP contribution in [0.2, 0.25) is 0 Å². The molecular formula is C35H53N9O6. The van der Waals surface area contributed by atoms with Crippen LogP contribution in [0, 0.1) is 0 Å². The first-order chi connectivity index (χ1) is 23.5. The van der Waals surface area contributed by atoms with Crippen molar-refractivity contribution in [3.8, 4) is 0 Å². The molecule has 2 aliphatic heterocycles. The lowest BCUT2D eigenvalue weighted by Gasteiger charge is -2.30. The molecule has 3 aromatic rings. The van der Waals surface area contributed by atoms with Gasteiger partial charge in [0.15, 0.2) is 17.3 Å². The van der Waals surface area contributed by atoms with Crippen LogP contribution in [0.3, 0.4) is 0 Å². The Labute approximate surface area is 294 Å². The number of nitrogens with two attached hydrogens (primary N) is 1. The number of aromatic nitrogens is 4. The Balaban J connectivity index is 1.24. The summed E-state index contributed by atoms with van der Waals surface area (Å²) in [5, 5.41) is 8.73. The van der Waals surface area contributed by atoms with Crippen LogP contribution in [0.15, 0.2) is 36.9 Å². The first-order valence-corrected chi connectivity index (χ1v) is 17.2. The number of rotatable bonds is 12. The molecule has 2 saturated heterocycles. The van der Waals surface area contributed by atoms with Crippen LogP contribution in [0.4, 0.5) is 21.1 Å². The number of fused-ring (bicyclic) bond motifs is 2. The highest BCUT2D eigenvalue weighted by Gasteiger charge is 2.63. The summed E-state index contributed by atoms with van der Waals surface area (Å²) < 4.78 is 26.7. The number of nitrogens with zero attached hydrogens (tertiary/aromatic N) is 5. The van der Waals surface area contributed by atoms with Crippen molar-refractivity contribution in [2.24, 2.45) is 0 Å². The second kappa shape index (κ2) is 14.7. The molecule has 5 N–H and O–H groups in total. The van der Waals surface area contributed by atoms with Gasteiger partial charge in [-0.25, -0.2) is 24.5 Å². The molecule has 0 spiro atoms. The van der Waals surface area contributed by atoms with E-state index in [2.05, 4.69) is 56.6 Å². The van der Waals surface area contributed by atoms with Gasteiger partial charge in [-0.15, -0.1) is 0 Å². The lowest BCUT2D eigenvalue weighted by molar-refractivity contribution is -0.205. The molecule has 0 aliphatic carbocycles. The number of ether oxygens (including phenoxy) is 4. The Morgan fingerprint density at radius 1 is 1.02 bits per heavy atom. The number of anilines is 2. The molecular weight excluding hydrogens is 642 g/mol. The number of hydrogen-bond acceptors (Lipinski definition) is 11. The summed E-state index contributed by atoms with van der Waals surface area (Å²) in [6.07, 6.45) is 3.27. The van der Waals surface area contributed by atoms with E-state index in [1.807, 2.05) is 63.5 Å². The van der Waals surface area contributed by atoms with Gasteiger partial charge in [0.2, 0.25) is 5.72 Å². The number of unbranched alkanes of at least 4 members (excludes halogenated alkanes) is 1. The number of nitrogens with one attached hydrogen (secondary N) is 3. The van der Waals surface area contributed by atoms with Crippen LogP contribution >= 0.6 is 0 Å². The molecule has 3 amide bonds. The fourth-order valence-corrected chi connectivity index (χ4v) is 6.30. The van der Waals surface area contributed by atoms with Gasteiger partial charge in [0.05, 0.1) is 12.9 Å². The summed E-state index contributed by atoms with van der Waals surface area (Å²) in [5.41, 5.74) is 7.47. The number of imidazole rings is 1. The molecule has 4 heterocycles. The average molecular weight is 696 g/mol. The Hall–Kier alpha value is -4.05. The number of hydrogen-bond donors (Lipinski definition) is 4. The molecule has 2 aromatic heterocycles. The largest absolute Gasteiger partial charge is 0.444 e. The highest BCUT2D eigenvalue weighted by atomic mass is 16.8. The van der Waals surface area contributed by atoms with Gasteiger partial charge < -0.3 is 40.6 Å². The summed E-state index contributed by atoms with van der Waals surface area (Å²) in [7, 11) is 0. The number of benzene rings is 1. The number of nitrogen functional groups attached to an aromatic ring is 1. The molecule has 2 fully saturated rings. The zero-order valence-electron chi connectivity index (χ0n) is 30.5. The zero-order valence-corrected chi connectivity index (χ0v) is 30.5. The average Bonchev–Trinajstić information content (AvgIpc) is 3.66. The van der Waals surface area contributed by atoms with Gasteiger partial charge in [0.1, 0.15) is 29.7 Å². The van der Waals surface area contributed by atoms with E-state index in [-0.39, 0.29) is 30.0 Å². The molecule has 15 heteroatoms. The van der Waals surface area contributed by atoms with E-state index >= 15 is 0 Å². The molecule has 0 saturated carbocycles. The minimum atomic E-state index is -1.02. The first kappa shape index (κ1) is 37.2. The van der Waals surface area contributed by atoms with Crippen molar-refractivity contribution in [1.29, 1.82) is 0 Å². The summed E-state index contributed by atoms with van der Waals surface area (Å²) in [6, 6.07) is 7.60. The van der Waals surface area contributed by atoms with Gasteiger partial charge in [-0.3, -0.25) is 9.47 Å². The van der Waals surface area contributed by atoms with E-state index in [1.54, 1.807) is 6.33 Å². The summed E-state index contributed by atoms with van der Waals surface area (Å²) in [6.45, 7) is 18.5. The number of urea groups is 1.